The fourth-order valence-electron chi connectivity index (χ4n) is 1.73. The SMILES string of the molecule is CC(CCl)CS(=O)(=O)NCCC1CCCO1. The molecule has 1 aliphatic heterocycles. The number of nitrogens with one attached hydrogen (secondary N) is 1. The Labute approximate surface area is 103 Å². The van der Waals surface area contributed by atoms with Gasteiger partial charge in [0.05, 0.1) is 11.9 Å². The van der Waals surface area contributed by atoms with Crippen LogP contribution < -0.4 is 4.72 Å². The van der Waals surface area contributed by atoms with Crippen molar-refractivity contribution in [2.75, 3.05) is 24.8 Å². The number of hydrogen-bond acceptors (Lipinski definition) is 3. The molecule has 16 heavy (non-hydrogen) atoms. The maximum absolute atomic E-state index is 11.6. The molecule has 0 amide bonds. The van der Waals surface area contributed by atoms with Crippen LogP contribution in [-0.2, 0) is 14.8 Å². The zero-order valence-electron chi connectivity index (χ0n) is 9.62. The lowest BCUT2D eigenvalue weighted by atomic mass is 10.2. The van der Waals surface area contributed by atoms with Crippen LogP contribution >= 0.6 is 11.6 Å². The summed E-state index contributed by atoms with van der Waals surface area (Å²) in [4.78, 5) is 0. The molecule has 0 bridgehead atoms. The number of sulfonamides is 1. The third kappa shape index (κ3) is 5.48. The lowest BCUT2D eigenvalue weighted by molar-refractivity contribution is 0.105. The molecule has 1 rings (SSSR count). The molecule has 0 aliphatic carbocycles. The molecule has 0 aromatic heterocycles. The molecule has 1 heterocycles. The van der Waals surface area contributed by atoms with Crippen molar-refractivity contribution in [3.05, 3.63) is 0 Å². The smallest absolute Gasteiger partial charge is 0.211 e. The second kappa shape index (κ2) is 6.79. The van der Waals surface area contributed by atoms with E-state index in [0.717, 1.165) is 25.9 Å². The van der Waals surface area contributed by atoms with Crippen molar-refractivity contribution in [2.24, 2.45) is 5.92 Å². The minimum Gasteiger partial charge on any atom is -0.378 e. The maximum Gasteiger partial charge on any atom is 0.211 e. The van der Waals surface area contributed by atoms with Crippen LogP contribution in [0, 0.1) is 5.92 Å². The van der Waals surface area contributed by atoms with E-state index in [1.807, 2.05) is 6.92 Å². The minimum absolute atomic E-state index is 0.0121. The van der Waals surface area contributed by atoms with Gasteiger partial charge in [0.2, 0.25) is 10.0 Å². The summed E-state index contributed by atoms with van der Waals surface area (Å²) in [6, 6.07) is 0. The Hall–Kier alpha value is 0.160. The molecule has 2 unspecified atom stereocenters. The van der Waals surface area contributed by atoms with Crippen molar-refractivity contribution in [2.45, 2.75) is 32.3 Å². The minimum atomic E-state index is -3.17. The molecule has 4 nitrogen and oxygen atoms in total. The van der Waals surface area contributed by atoms with Crippen molar-refractivity contribution >= 4 is 21.6 Å². The van der Waals surface area contributed by atoms with E-state index in [4.69, 9.17) is 16.3 Å². The summed E-state index contributed by atoms with van der Waals surface area (Å²) in [7, 11) is -3.17. The normalized spacial score (nSPS) is 23.5. The molecule has 2 atom stereocenters. The summed E-state index contributed by atoms with van der Waals surface area (Å²) in [5.74, 6) is 0.455. The van der Waals surface area contributed by atoms with E-state index in [1.54, 1.807) is 0 Å². The van der Waals surface area contributed by atoms with Crippen molar-refractivity contribution in [1.82, 2.24) is 4.72 Å². The van der Waals surface area contributed by atoms with Crippen LogP contribution in [0.15, 0.2) is 0 Å². The van der Waals surface area contributed by atoms with E-state index in [9.17, 15) is 8.42 Å². The monoisotopic (exact) mass is 269 g/mol. The molecule has 1 fully saturated rings. The molecule has 96 valence electrons. The summed E-state index contributed by atoms with van der Waals surface area (Å²) in [6.07, 6.45) is 3.11. The van der Waals surface area contributed by atoms with Gasteiger partial charge in [-0.2, -0.15) is 0 Å². The number of ether oxygens (including phenoxy) is 1. The first-order valence-electron chi connectivity index (χ1n) is 5.68. The highest BCUT2D eigenvalue weighted by Crippen LogP contribution is 2.14. The molecule has 1 saturated heterocycles. The van der Waals surface area contributed by atoms with Gasteiger partial charge >= 0.3 is 0 Å². The first-order chi connectivity index (χ1) is 7.53. The van der Waals surface area contributed by atoms with Crippen LogP contribution in [0.1, 0.15) is 26.2 Å². The predicted octanol–water partition coefficient (Wildman–Crippen LogP) is 1.35. The number of alkyl halides is 1. The van der Waals surface area contributed by atoms with Gasteiger partial charge in [-0.1, -0.05) is 6.92 Å². The van der Waals surface area contributed by atoms with E-state index in [2.05, 4.69) is 4.72 Å². The molecule has 0 saturated carbocycles. The predicted molar refractivity (Wildman–Crippen MR) is 65.3 cm³/mol. The van der Waals surface area contributed by atoms with E-state index in [0.29, 0.717) is 12.4 Å². The highest BCUT2D eigenvalue weighted by molar-refractivity contribution is 7.89. The summed E-state index contributed by atoms with van der Waals surface area (Å²) < 4.78 is 31.1. The average Bonchev–Trinajstić information content (AvgIpc) is 2.69. The maximum atomic E-state index is 11.6. The molecule has 0 radical (unpaired) electrons. The summed E-state index contributed by atoms with van der Waals surface area (Å²) in [5.41, 5.74) is 0. The molecule has 0 spiro atoms. The van der Waals surface area contributed by atoms with Gasteiger partial charge in [-0.05, 0) is 25.2 Å². The Morgan fingerprint density at radius 3 is 2.88 bits per heavy atom. The van der Waals surface area contributed by atoms with Crippen LogP contribution in [0.5, 0.6) is 0 Å². The topological polar surface area (TPSA) is 55.4 Å². The lowest BCUT2D eigenvalue weighted by Crippen LogP contribution is -2.31. The van der Waals surface area contributed by atoms with Crippen LogP contribution in [0.25, 0.3) is 0 Å². The largest absolute Gasteiger partial charge is 0.378 e. The van der Waals surface area contributed by atoms with Crippen LogP contribution in [-0.4, -0.2) is 39.3 Å². The zero-order valence-corrected chi connectivity index (χ0v) is 11.2. The fraction of sp³-hybridized carbons (Fsp3) is 1.00. The van der Waals surface area contributed by atoms with Crippen LogP contribution in [0.3, 0.4) is 0 Å². The number of hydrogen-bond donors (Lipinski definition) is 1. The van der Waals surface area contributed by atoms with Gasteiger partial charge in [-0.3, -0.25) is 0 Å². The first kappa shape index (κ1) is 14.2. The zero-order chi connectivity index (χ0) is 12.0. The Balaban J connectivity index is 2.19. The highest BCUT2D eigenvalue weighted by atomic mass is 35.5. The van der Waals surface area contributed by atoms with Gasteiger partial charge in [0.15, 0.2) is 0 Å². The van der Waals surface area contributed by atoms with E-state index >= 15 is 0 Å². The lowest BCUT2D eigenvalue weighted by Gasteiger charge is -2.12. The van der Waals surface area contributed by atoms with Crippen LogP contribution in [0.2, 0.25) is 0 Å². The molecule has 0 aromatic rings. The van der Waals surface area contributed by atoms with Gasteiger partial charge in [0, 0.05) is 19.0 Å². The molecular formula is C10H20ClNO3S. The molecule has 1 aliphatic rings. The molecule has 1 N–H and O–H groups in total. The molecule has 6 heteroatoms. The summed E-state index contributed by atoms with van der Waals surface area (Å²) >= 11 is 5.58. The van der Waals surface area contributed by atoms with E-state index < -0.39 is 10.0 Å². The van der Waals surface area contributed by atoms with Gasteiger partial charge in [-0.25, -0.2) is 13.1 Å². The Kier molecular flexibility index (Phi) is 6.03. The van der Waals surface area contributed by atoms with Crippen LogP contribution in [0.4, 0.5) is 0 Å². The molecular weight excluding hydrogens is 250 g/mol. The Morgan fingerprint density at radius 2 is 2.31 bits per heavy atom. The highest BCUT2D eigenvalue weighted by Gasteiger charge is 2.18. The standard InChI is InChI=1S/C10H20ClNO3S/c1-9(7-11)8-16(13,14)12-5-4-10-3-2-6-15-10/h9-10,12H,2-8H2,1H3. The van der Waals surface area contributed by atoms with Gasteiger partial charge in [-0.15, -0.1) is 11.6 Å². The second-order valence-electron chi connectivity index (χ2n) is 4.36. The fourth-order valence-corrected chi connectivity index (χ4v) is 3.38. The van der Waals surface area contributed by atoms with E-state index in [1.165, 1.54) is 0 Å². The van der Waals surface area contributed by atoms with Crippen molar-refractivity contribution < 1.29 is 13.2 Å². The number of rotatable bonds is 7. The Bertz CT molecular complexity index is 288. The van der Waals surface area contributed by atoms with Gasteiger partial charge in [0.25, 0.3) is 0 Å². The van der Waals surface area contributed by atoms with Gasteiger partial charge in [0.1, 0.15) is 0 Å². The van der Waals surface area contributed by atoms with E-state index in [-0.39, 0.29) is 17.8 Å². The van der Waals surface area contributed by atoms with Crippen molar-refractivity contribution in [1.29, 1.82) is 0 Å². The second-order valence-corrected chi connectivity index (χ2v) is 6.52. The molecule has 0 aromatic carbocycles. The summed E-state index contributed by atoms with van der Waals surface area (Å²) in [6.45, 7) is 3.09. The van der Waals surface area contributed by atoms with Gasteiger partial charge < -0.3 is 4.74 Å². The Morgan fingerprint density at radius 1 is 1.56 bits per heavy atom. The van der Waals surface area contributed by atoms with Crippen molar-refractivity contribution in [3.8, 4) is 0 Å². The third-order valence-electron chi connectivity index (χ3n) is 2.58. The van der Waals surface area contributed by atoms with Crippen molar-refractivity contribution in [3.63, 3.8) is 0 Å². The number of halogens is 1. The summed E-state index contributed by atoms with van der Waals surface area (Å²) in [5, 5.41) is 0. The quantitative estimate of drug-likeness (QED) is 0.710. The first-order valence-corrected chi connectivity index (χ1v) is 7.87. The average molecular weight is 270 g/mol. The third-order valence-corrected chi connectivity index (χ3v) is 4.76.